The van der Waals surface area contributed by atoms with Gasteiger partial charge in [0.05, 0.1) is 18.1 Å². The van der Waals surface area contributed by atoms with E-state index in [9.17, 15) is 0 Å². The van der Waals surface area contributed by atoms with Gasteiger partial charge in [0.25, 0.3) is 0 Å². The van der Waals surface area contributed by atoms with Crippen LogP contribution in [0, 0.1) is 19.8 Å². The van der Waals surface area contributed by atoms with Crippen LogP contribution in [-0.2, 0) is 4.74 Å². The fraction of sp³-hybridized carbons (Fsp3) is 0.571. The highest BCUT2D eigenvalue weighted by Gasteiger charge is 2.30. The molecule has 3 atom stereocenters. The number of alkyl halides is 1. The van der Waals surface area contributed by atoms with Gasteiger partial charge in [-0.1, -0.05) is 17.7 Å². The maximum Gasteiger partial charge on any atom is 0.0651 e. The molecule has 1 aromatic carbocycles. The molecule has 94 valence electrons. The summed E-state index contributed by atoms with van der Waals surface area (Å²) in [5, 5.41) is 0.722. The van der Waals surface area contributed by atoms with E-state index in [1.54, 1.807) is 0 Å². The molecule has 0 spiro atoms. The summed E-state index contributed by atoms with van der Waals surface area (Å²) in [6.45, 7) is 6.98. The Balaban J connectivity index is 2.24. The van der Waals surface area contributed by atoms with Crippen LogP contribution in [0.4, 0.5) is 0 Å². The summed E-state index contributed by atoms with van der Waals surface area (Å²) < 4.78 is 5.57. The summed E-state index contributed by atoms with van der Waals surface area (Å²) in [5.41, 5.74) is 3.49. The average molecular weight is 273 g/mol. The van der Waals surface area contributed by atoms with Crippen molar-refractivity contribution in [1.82, 2.24) is 0 Å². The molecule has 17 heavy (non-hydrogen) atoms. The lowest BCUT2D eigenvalue weighted by atomic mass is 9.94. The second kappa shape index (κ2) is 5.17. The first-order chi connectivity index (χ1) is 7.99. The van der Waals surface area contributed by atoms with E-state index < -0.39 is 0 Å². The standard InChI is InChI=1S/C14H18Cl2O/c1-8-4-12(13(15)5-9(8)2)14(16)11-6-10(3)17-7-11/h4-5,10-11,14H,6-7H2,1-3H3. The smallest absolute Gasteiger partial charge is 0.0651 e. The van der Waals surface area contributed by atoms with Crippen molar-refractivity contribution in [1.29, 1.82) is 0 Å². The summed E-state index contributed by atoms with van der Waals surface area (Å²) in [6, 6.07) is 4.11. The minimum absolute atomic E-state index is 0.0493. The molecule has 3 unspecified atom stereocenters. The predicted octanol–water partition coefficient (Wildman–Crippen LogP) is 4.66. The molecule has 0 saturated carbocycles. The molecule has 1 fully saturated rings. The van der Waals surface area contributed by atoms with E-state index in [4.69, 9.17) is 27.9 Å². The van der Waals surface area contributed by atoms with Gasteiger partial charge in [0.15, 0.2) is 0 Å². The Kier molecular flexibility index (Phi) is 4.02. The first-order valence-electron chi connectivity index (χ1n) is 6.01. The quantitative estimate of drug-likeness (QED) is 0.712. The summed E-state index contributed by atoms with van der Waals surface area (Å²) >= 11 is 12.8. The van der Waals surface area contributed by atoms with Crippen molar-refractivity contribution in [3.05, 3.63) is 33.8 Å². The van der Waals surface area contributed by atoms with E-state index in [1.165, 1.54) is 11.1 Å². The number of benzene rings is 1. The number of aryl methyl sites for hydroxylation is 2. The minimum atomic E-state index is -0.0493. The third-order valence-corrected chi connectivity index (χ3v) is 4.47. The van der Waals surface area contributed by atoms with Crippen molar-refractivity contribution in [2.45, 2.75) is 38.7 Å². The number of ether oxygens (including phenoxy) is 1. The Morgan fingerprint density at radius 2 is 1.94 bits per heavy atom. The van der Waals surface area contributed by atoms with Crippen LogP contribution in [0.2, 0.25) is 5.02 Å². The Labute approximate surface area is 113 Å². The molecular weight excluding hydrogens is 255 g/mol. The highest BCUT2D eigenvalue weighted by atomic mass is 35.5. The largest absolute Gasteiger partial charge is 0.378 e. The van der Waals surface area contributed by atoms with Crippen LogP contribution in [0.15, 0.2) is 12.1 Å². The van der Waals surface area contributed by atoms with Gasteiger partial charge in [0.1, 0.15) is 0 Å². The minimum Gasteiger partial charge on any atom is -0.378 e. The Morgan fingerprint density at radius 1 is 1.29 bits per heavy atom. The molecule has 1 aromatic rings. The zero-order chi connectivity index (χ0) is 12.6. The molecule has 0 N–H and O–H groups in total. The van der Waals surface area contributed by atoms with E-state index >= 15 is 0 Å². The van der Waals surface area contributed by atoms with Crippen molar-refractivity contribution >= 4 is 23.2 Å². The van der Waals surface area contributed by atoms with Gasteiger partial charge < -0.3 is 4.74 Å². The lowest BCUT2D eigenvalue weighted by Gasteiger charge is -2.18. The average Bonchev–Trinajstić information content (AvgIpc) is 2.69. The molecule has 1 nitrogen and oxygen atoms in total. The van der Waals surface area contributed by atoms with Gasteiger partial charge in [-0.25, -0.2) is 0 Å². The molecule has 0 amide bonds. The molecule has 0 aliphatic carbocycles. The van der Waals surface area contributed by atoms with Crippen molar-refractivity contribution in [3.8, 4) is 0 Å². The predicted molar refractivity (Wildman–Crippen MR) is 73.0 cm³/mol. The maximum absolute atomic E-state index is 6.54. The van der Waals surface area contributed by atoms with Crippen LogP contribution < -0.4 is 0 Å². The highest BCUT2D eigenvalue weighted by Crippen LogP contribution is 2.40. The number of halogens is 2. The van der Waals surface area contributed by atoms with E-state index in [-0.39, 0.29) is 5.38 Å². The first-order valence-corrected chi connectivity index (χ1v) is 6.82. The third kappa shape index (κ3) is 2.78. The highest BCUT2D eigenvalue weighted by molar-refractivity contribution is 6.33. The molecule has 1 aliphatic rings. The second-order valence-corrected chi connectivity index (χ2v) is 5.88. The van der Waals surface area contributed by atoms with E-state index in [0.717, 1.165) is 23.6 Å². The van der Waals surface area contributed by atoms with Gasteiger partial charge in [-0.2, -0.15) is 0 Å². The third-order valence-electron chi connectivity index (χ3n) is 3.55. The van der Waals surface area contributed by atoms with Crippen LogP contribution >= 0.6 is 23.2 Å². The summed E-state index contributed by atoms with van der Waals surface area (Å²) in [6.07, 6.45) is 1.32. The van der Waals surface area contributed by atoms with Crippen LogP contribution in [0.5, 0.6) is 0 Å². The SMILES string of the molecule is Cc1cc(Cl)c(C(Cl)C2COC(C)C2)cc1C. The van der Waals surface area contributed by atoms with E-state index in [1.807, 2.05) is 6.07 Å². The Morgan fingerprint density at radius 3 is 2.53 bits per heavy atom. The normalized spacial score (nSPS) is 26.2. The van der Waals surface area contributed by atoms with E-state index in [2.05, 4.69) is 26.8 Å². The molecule has 3 heteroatoms. The topological polar surface area (TPSA) is 9.23 Å². The zero-order valence-electron chi connectivity index (χ0n) is 10.5. The van der Waals surface area contributed by atoms with Gasteiger partial charge in [0, 0.05) is 10.9 Å². The summed E-state index contributed by atoms with van der Waals surface area (Å²) in [7, 11) is 0. The monoisotopic (exact) mass is 272 g/mol. The zero-order valence-corrected chi connectivity index (χ0v) is 12.0. The Hall–Kier alpha value is -0.240. The molecule has 2 rings (SSSR count). The fourth-order valence-corrected chi connectivity index (χ4v) is 3.07. The molecular formula is C14H18Cl2O. The van der Waals surface area contributed by atoms with Crippen molar-refractivity contribution in [2.24, 2.45) is 5.92 Å². The summed E-state index contributed by atoms with van der Waals surface area (Å²) in [4.78, 5) is 0. The molecule has 0 bridgehead atoms. The number of rotatable bonds is 2. The van der Waals surface area contributed by atoms with Crippen LogP contribution in [0.25, 0.3) is 0 Å². The van der Waals surface area contributed by atoms with Crippen molar-refractivity contribution < 1.29 is 4.74 Å². The van der Waals surface area contributed by atoms with Crippen LogP contribution in [0.1, 0.15) is 35.4 Å². The first kappa shape index (κ1) is 13.2. The molecule has 0 aromatic heterocycles. The molecule has 1 saturated heterocycles. The van der Waals surface area contributed by atoms with Gasteiger partial charge >= 0.3 is 0 Å². The van der Waals surface area contributed by atoms with E-state index in [0.29, 0.717) is 12.0 Å². The Bertz CT molecular complexity index is 417. The van der Waals surface area contributed by atoms with Gasteiger partial charge in [-0.3, -0.25) is 0 Å². The second-order valence-electron chi connectivity index (χ2n) is 5.00. The van der Waals surface area contributed by atoms with Gasteiger partial charge in [0.2, 0.25) is 0 Å². The van der Waals surface area contributed by atoms with Crippen molar-refractivity contribution in [3.63, 3.8) is 0 Å². The molecule has 1 aliphatic heterocycles. The van der Waals surface area contributed by atoms with Gasteiger partial charge in [-0.05, 0) is 49.9 Å². The lowest BCUT2D eigenvalue weighted by molar-refractivity contribution is 0.120. The summed E-state index contributed by atoms with van der Waals surface area (Å²) in [5.74, 6) is 0.367. The van der Waals surface area contributed by atoms with Crippen LogP contribution in [0.3, 0.4) is 0 Å². The number of hydrogen-bond acceptors (Lipinski definition) is 1. The van der Waals surface area contributed by atoms with Crippen molar-refractivity contribution in [2.75, 3.05) is 6.61 Å². The molecule has 0 radical (unpaired) electrons. The van der Waals surface area contributed by atoms with Gasteiger partial charge in [-0.15, -0.1) is 11.6 Å². The molecule has 1 heterocycles. The van der Waals surface area contributed by atoms with Crippen LogP contribution in [-0.4, -0.2) is 12.7 Å². The maximum atomic E-state index is 6.54. The lowest BCUT2D eigenvalue weighted by Crippen LogP contribution is -2.09. The number of hydrogen-bond donors (Lipinski definition) is 0. The fourth-order valence-electron chi connectivity index (χ4n) is 2.32.